The first-order valence-electron chi connectivity index (χ1n) is 9.28. The van der Waals surface area contributed by atoms with E-state index in [4.69, 9.17) is 14.6 Å². The molecule has 1 aliphatic heterocycles. The van der Waals surface area contributed by atoms with Crippen LogP contribution in [0.1, 0.15) is 38.3 Å². The van der Waals surface area contributed by atoms with Crippen LogP contribution < -0.4 is 20.1 Å². The summed E-state index contributed by atoms with van der Waals surface area (Å²) in [5, 5.41) is 13.5. The third-order valence-corrected chi connectivity index (χ3v) is 4.69. The lowest BCUT2D eigenvalue weighted by Crippen LogP contribution is -2.42. The molecule has 0 fully saturated rings. The number of benzene rings is 1. The highest BCUT2D eigenvalue weighted by atomic mass is 16.5. The fourth-order valence-corrected chi connectivity index (χ4v) is 3.17. The Morgan fingerprint density at radius 2 is 2.00 bits per heavy atom. The average Bonchev–Trinajstić information content (AvgIpc) is 3.00. The molecule has 29 heavy (non-hydrogen) atoms. The lowest BCUT2D eigenvalue weighted by atomic mass is 9.85. The van der Waals surface area contributed by atoms with Crippen molar-refractivity contribution in [3.05, 3.63) is 35.7 Å². The van der Waals surface area contributed by atoms with Crippen LogP contribution in [0.2, 0.25) is 0 Å². The van der Waals surface area contributed by atoms with Gasteiger partial charge in [0.2, 0.25) is 5.91 Å². The van der Waals surface area contributed by atoms with Gasteiger partial charge >= 0.3 is 12.1 Å². The second-order valence-electron chi connectivity index (χ2n) is 7.51. The largest absolute Gasteiger partial charge is 0.492 e. The second-order valence-corrected chi connectivity index (χ2v) is 7.51. The summed E-state index contributed by atoms with van der Waals surface area (Å²) in [4.78, 5) is 31.2. The lowest BCUT2D eigenvalue weighted by Gasteiger charge is -2.19. The van der Waals surface area contributed by atoms with Crippen LogP contribution in [-0.2, 0) is 10.2 Å². The Labute approximate surface area is 168 Å². The zero-order chi connectivity index (χ0) is 21.2. The minimum atomic E-state index is -1.26. The van der Waals surface area contributed by atoms with E-state index in [1.165, 1.54) is 12.4 Å². The maximum Gasteiger partial charge on any atom is 0.405 e. The van der Waals surface area contributed by atoms with Gasteiger partial charge in [-0.15, -0.1) is 0 Å². The van der Waals surface area contributed by atoms with E-state index in [-0.39, 0.29) is 11.4 Å². The number of anilines is 1. The second kappa shape index (κ2) is 7.94. The molecule has 0 radical (unpaired) electrons. The Hall–Kier alpha value is -3.36. The summed E-state index contributed by atoms with van der Waals surface area (Å²) in [6, 6.07) is 3.06. The van der Waals surface area contributed by atoms with E-state index in [2.05, 4.69) is 34.4 Å². The van der Waals surface area contributed by atoms with Crippen LogP contribution in [0.25, 0.3) is 0 Å². The molecule has 1 aromatic heterocycles. The van der Waals surface area contributed by atoms with E-state index in [0.717, 1.165) is 16.9 Å². The molecule has 1 aliphatic rings. The minimum absolute atomic E-state index is 0.132. The van der Waals surface area contributed by atoms with E-state index in [1.54, 1.807) is 6.92 Å². The number of rotatable bonds is 6. The normalized spacial score (nSPS) is 15.0. The summed E-state index contributed by atoms with van der Waals surface area (Å²) in [7, 11) is 0. The van der Waals surface area contributed by atoms with Crippen molar-refractivity contribution in [3.8, 4) is 17.5 Å². The molecule has 1 atom stereocenters. The van der Waals surface area contributed by atoms with E-state index >= 15 is 0 Å². The zero-order valence-electron chi connectivity index (χ0n) is 16.8. The number of carboxylic acid groups (broad SMARTS) is 1. The van der Waals surface area contributed by atoms with Crippen LogP contribution in [0.4, 0.5) is 10.5 Å². The van der Waals surface area contributed by atoms with Crippen LogP contribution in [0.5, 0.6) is 17.5 Å². The number of nitrogens with one attached hydrogen (secondary N) is 2. The Morgan fingerprint density at radius 1 is 1.31 bits per heavy atom. The highest BCUT2D eigenvalue weighted by molar-refractivity contribution is 5.96. The number of hydrogen-bond acceptors (Lipinski definition) is 6. The van der Waals surface area contributed by atoms with E-state index < -0.39 is 18.0 Å². The Morgan fingerprint density at radius 3 is 2.62 bits per heavy atom. The summed E-state index contributed by atoms with van der Waals surface area (Å²) >= 11 is 0. The summed E-state index contributed by atoms with van der Waals surface area (Å²) in [6.45, 7) is 8.43. The molecule has 3 rings (SSSR count). The molecule has 2 heterocycles. The molecule has 2 amide bonds. The molecule has 9 nitrogen and oxygen atoms in total. The summed E-state index contributed by atoms with van der Waals surface area (Å²) in [5.74, 6) is 0.969. The molecule has 2 aromatic rings. The monoisotopic (exact) mass is 400 g/mol. The SMILES string of the molecule is CC[C@@H](NC(=O)O)C(=O)Nc1cnc(Oc2ccc(C)c3c2C(C)(C)CO3)nc1. The van der Waals surface area contributed by atoms with Gasteiger partial charge in [0.15, 0.2) is 0 Å². The van der Waals surface area contributed by atoms with Crippen LogP contribution in [-0.4, -0.2) is 39.7 Å². The van der Waals surface area contributed by atoms with Crippen LogP contribution in [0.3, 0.4) is 0 Å². The number of ether oxygens (including phenoxy) is 2. The third kappa shape index (κ3) is 4.39. The van der Waals surface area contributed by atoms with E-state index in [0.29, 0.717) is 24.5 Å². The van der Waals surface area contributed by atoms with Crippen LogP contribution in [0, 0.1) is 6.92 Å². The molecule has 3 N–H and O–H groups in total. The highest BCUT2D eigenvalue weighted by Gasteiger charge is 2.36. The number of carbonyl (C=O) groups excluding carboxylic acids is 1. The van der Waals surface area contributed by atoms with E-state index in [1.807, 2.05) is 19.1 Å². The molecule has 0 saturated heterocycles. The number of aryl methyl sites for hydroxylation is 1. The van der Waals surface area contributed by atoms with Crippen molar-refractivity contribution >= 4 is 17.7 Å². The molecule has 154 valence electrons. The van der Waals surface area contributed by atoms with Crippen LogP contribution in [0.15, 0.2) is 24.5 Å². The van der Waals surface area contributed by atoms with Gasteiger partial charge in [0, 0.05) is 11.0 Å². The smallest absolute Gasteiger partial charge is 0.405 e. The van der Waals surface area contributed by atoms with Gasteiger partial charge in [-0.05, 0) is 25.0 Å². The first kappa shape index (κ1) is 20.4. The third-order valence-electron chi connectivity index (χ3n) is 4.69. The van der Waals surface area contributed by atoms with Gasteiger partial charge in [0.25, 0.3) is 0 Å². The number of nitrogens with zero attached hydrogens (tertiary/aromatic N) is 2. The van der Waals surface area contributed by atoms with Crippen molar-refractivity contribution < 1.29 is 24.2 Å². The first-order valence-corrected chi connectivity index (χ1v) is 9.28. The van der Waals surface area contributed by atoms with Crippen molar-refractivity contribution in [1.29, 1.82) is 0 Å². The number of hydrogen-bond donors (Lipinski definition) is 3. The number of amides is 2. The molecule has 0 spiro atoms. The number of fused-ring (bicyclic) bond motifs is 1. The summed E-state index contributed by atoms with van der Waals surface area (Å²) in [6.07, 6.45) is 1.87. The van der Waals surface area contributed by atoms with Crippen LogP contribution >= 0.6 is 0 Å². The van der Waals surface area contributed by atoms with Crippen molar-refractivity contribution in [2.75, 3.05) is 11.9 Å². The Bertz CT molecular complexity index is 927. The summed E-state index contributed by atoms with van der Waals surface area (Å²) in [5.41, 5.74) is 2.16. The number of carbonyl (C=O) groups is 2. The van der Waals surface area contributed by atoms with Gasteiger partial charge in [-0.2, -0.15) is 0 Å². The average molecular weight is 400 g/mol. The highest BCUT2D eigenvalue weighted by Crippen LogP contribution is 2.46. The minimum Gasteiger partial charge on any atom is -0.492 e. The fourth-order valence-electron chi connectivity index (χ4n) is 3.17. The topological polar surface area (TPSA) is 123 Å². The Balaban J connectivity index is 1.73. The molecule has 9 heteroatoms. The van der Waals surface area contributed by atoms with Gasteiger partial charge in [-0.1, -0.05) is 26.8 Å². The first-order chi connectivity index (χ1) is 13.7. The molecule has 0 unspecified atom stereocenters. The van der Waals surface area contributed by atoms with Crippen molar-refractivity contribution in [3.63, 3.8) is 0 Å². The van der Waals surface area contributed by atoms with Gasteiger partial charge in [-0.25, -0.2) is 14.8 Å². The molecule has 0 bridgehead atoms. The fraction of sp³-hybridized carbons (Fsp3) is 0.400. The predicted octanol–water partition coefficient (Wildman–Crippen LogP) is 3.23. The predicted molar refractivity (Wildman–Crippen MR) is 106 cm³/mol. The van der Waals surface area contributed by atoms with Gasteiger partial charge in [-0.3, -0.25) is 4.79 Å². The number of aromatic nitrogens is 2. The van der Waals surface area contributed by atoms with Gasteiger partial charge in [0.1, 0.15) is 17.5 Å². The van der Waals surface area contributed by atoms with E-state index in [9.17, 15) is 9.59 Å². The Kier molecular flexibility index (Phi) is 5.58. The lowest BCUT2D eigenvalue weighted by molar-refractivity contribution is -0.118. The van der Waals surface area contributed by atoms with Crippen molar-refractivity contribution in [2.24, 2.45) is 0 Å². The van der Waals surface area contributed by atoms with Crippen molar-refractivity contribution in [1.82, 2.24) is 15.3 Å². The molecular formula is C20H24N4O5. The zero-order valence-corrected chi connectivity index (χ0v) is 16.8. The summed E-state index contributed by atoms with van der Waals surface area (Å²) < 4.78 is 11.7. The molecule has 0 saturated carbocycles. The quantitative estimate of drug-likeness (QED) is 0.680. The van der Waals surface area contributed by atoms with Crippen molar-refractivity contribution in [2.45, 2.75) is 45.6 Å². The standard InChI is InChI=1S/C20H24N4O5/c1-5-13(24-19(26)27)17(25)23-12-8-21-18(22-9-12)29-14-7-6-11(2)16-15(14)20(3,4)10-28-16/h6-9,13,24H,5,10H2,1-4H3,(H,23,25)(H,26,27)/t13-/m1/s1. The maximum atomic E-state index is 12.1. The molecular weight excluding hydrogens is 376 g/mol. The van der Waals surface area contributed by atoms with Gasteiger partial charge < -0.3 is 25.2 Å². The molecule has 1 aromatic carbocycles. The van der Waals surface area contributed by atoms with Gasteiger partial charge in [0.05, 0.1) is 24.7 Å². The maximum absolute atomic E-state index is 12.1. The molecule has 0 aliphatic carbocycles.